The van der Waals surface area contributed by atoms with Crippen LogP contribution in [0.2, 0.25) is 0 Å². The summed E-state index contributed by atoms with van der Waals surface area (Å²) in [6.45, 7) is 4.62. The lowest BCUT2D eigenvalue weighted by Crippen LogP contribution is -2.08. The largest absolute Gasteiger partial charge is 0.382 e. The Morgan fingerprint density at radius 3 is 2.88 bits per heavy atom. The summed E-state index contributed by atoms with van der Waals surface area (Å²) < 4.78 is 0. The molecular formula is C16H23N. The van der Waals surface area contributed by atoms with Crippen LogP contribution in [0.25, 0.3) is 0 Å². The fraction of sp³-hybridized carbons (Fsp3) is 0.625. The number of fused-ring (bicyclic) bond motifs is 2. The molecule has 3 rings (SSSR count). The predicted molar refractivity (Wildman–Crippen MR) is 73.7 cm³/mol. The van der Waals surface area contributed by atoms with Crippen molar-refractivity contribution in [1.82, 2.24) is 0 Å². The molecule has 1 aliphatic carbocycles. The van der Waals surface area contributed by atoms with Gasteiger partial charge in [-0.1, -0.05) is 19.4 Å². The summed E-state index contributed by atoms with van der Waals surface area (Å²) in [6, 6.07) is 5.56. The molecule has 1 heterocycles. The molecule has 1 aliphatic heterocycles. The molecule has 0 radical (unpaired) electrons. The Kier molecular flexibility index (Phi) is 2.85. The molecule has 0 fully saturated rings. The molecule has 2 unspecified atom stereocenters. The molecule has 0 saturated heterocycles. The Morgan fingerprint density at radius 1 is 1.18 bits per heavy atom. The zero-order valence-corrected chi connectivity index (χ0v) is 11.1. The molecule has 1 aromatic carbocycles. The summed E-state index contributed by atoms with van der Waals surface area (Å²) in [4.78, 5) is 0. The smallest absolute Gasteiger partial charge is 0.0378 e. The molecule has 2 atom stereocenters. The molecule has 1 nitrogen and oxygen atoms in total. The maximum atomic E-state index is 3.59. The minimum Gasteiger partial charge on any atom is -0.382 e. The molecule has 2 aliphatic rings. The van der Waals surface area contributed by atoms with Crippen molar-refractivity contribution in [3.8, 4) is 0 Å². The highest BCUT2D eigenvalue weighted by atomic mass is 14.9. The molecule has 92 valence electrons. The number of hydrogen-bond donors (Lipinski definition) is 1. The van der Waals surface area contributed by atoms with E-state index in [0.29, 0.717) is 6.04 Å². The van der Waals surface area contributed by atoms with Gasteiger partial charge in [0.1, 0.15) is 0 Å². The molecular weight excluding hydrogens is 206 g/mol. The van der Waals surface area contributed by atoms with Crippen LogP contribution in [0.15, 0.2) is 12.1 Å². The third-order valence-electron chi connectivity index (χ3n) is 4.50. The summed E-state index contributed by atoms with van der Waals surface area (Å²) in [5, 5.41) is 3.59. The molecule has 0 aromatic heterocycles. The van der Waals surface area contributed by atoms with Crippen molar-refractivity contribution in [2.24, 2.45) is 5.92 Å². The predicted octanol–water partition coefficient (Wildman–Crippen LogP) is 3.95. The van der Waals surface area contributed by atoms with Crippen LogP contribution in [-0.2, 0) is 19.3 Å². The minimum atomic E-state index is 0.623. The first-order chi connectivity index (χ1) is 8.26. The fourth-order valence-corrected chi connectivity index (χ4v) is 3.46. The van der Waals surface area contributed by atoms with Crippen LogP contribution in [0.4, 0.5) is 5.69 Å². The lowest BCUT2D eigenvalue weighted by molar-refractivity contribution is 0.466. The van der Waals surface area contributed by atoms with Crippen LogP contribution in [0.5, 0.6) is 0 Å². The molecule has 0 spiro atoms. The molecule has 0 amide bonds. The minimum absolute atomic E-state index is 0.623. The Bertz CT molecular complexity index is 422. The first-order valence-electron chi connectivity index (χ1n) is 7.17. The van der Waals surface area contributed by atoms with Crippen LogP contribution in [0.3, 0.4) is 0 Å². The second kappa shape index (κ2) is 4.36. The van der Waals surface area contributed by atoms with Crippen molar-refractivity contribution in [3.05, 3.63) is 28.8 Å². The number of hydrogen-bond acceptors (Lipinski definition) is 1. The average molecular weight is 229 g/mol. The van der Waals surface area contributed by atoms with Gasteiger partial charge in [-0.25, -0.2) is 0 Å². The van der Waals surface area contributed by atoms with Gasteiger partial charge in [-0.3, -0.25) is 0 Å². The summed E-state index contributed by atoms with van der Waals surface area (Å²) in [7, 11) is 0. The fourth-order valence-electron chi connectivity index (χ4n) is 3.46. The highest BCUT2D eigenvalue weighted by Gasteiger charge is 2.21. The maximum Gasteiger partial charge on any atom is 0.0378 e. The summed E-state index contributed by atoms with van der Waals surface area (Å²) in [5.41, 5.74) is 6.21. The van der Waals surface area contributed by atoms with Gasteiger partial charge in [0.25, 0.3) is 0 Å². The van der Waals surface area contributed by atoms with Gasteiger partial charge in [0.05, 0.1) is 0 Å². The van der Waals surface area contributed by atoms with Gasteiger partial charge in [0.15, 0.2) is 0 Å². The van der Waals surface area contributed by atoms with Crippen LogP contribution in [-0.4, -0.2) is 6.04 Å². The lowest BCUT2D eigenvalue weighted by atomic mass is 9.93. The van der Waals surface area contributed by atoms with E-state index < -0.39 is 0 Å². The zero-order valence-electron chi connectivity index (χ0n) is 11.1. The summed E-state index contributed by atoms with van der Waals surface area (Å²) in [6.07, 6.45) is 7.94. The quantitative estimate of drug-likeness (QED) is 0.719. The summed E-state index contributed by atoms with van der Waals surface area (Å²) in [5.74, 6) is 0.918. The van der Waals surface area contributed by atoms with Crippen molar-refractivity contribution >= 4 is 5.69 Å². The van der Waals surface area contributed by atoms with E-state index in [1.807, 2.05) is 0 Å². The number of benzene rings is 1. The molecule has 0 bridgehead atoms. The van der Waals surface area contributed by atoms with Gasteiger partial charge in [0, 0.05) is 11.7 Å². The van der Waals surface area contributed by atoms with Gasteiger partial charge in [-0.05, 0) is 67.7 Å². The second-order valence-electron chi connectivity index (χ2n) is 5.90. The Labute approximate surface area is 105 Å². The van der Waals surface area contributed by atoms with Crippen LogP contribution in [0.1, 0.15) is 49.8 Å². The van der Waals surface area contributed by atoms with E-state index in [9.17, 15) is 0 Å². The standard InChI is InChI=1S/C16H23N/c1-3-12-5-4-6-13-10-16-15(7-11(2)17-16)9-14(13)8-12/h9-12,17H,3-8H2,1-2H3. The number of anilines is 1. The number of rotatable bonds is 1. The van der Waals surface area contributed by atoms with Gasteiger partial charge in [-0.15, -0.1) is 0 Å². The third-order valence-corrected chi connectivity index (χ3v) is 4.50. The third kappa shape index (κ3) is 2.08. The number of nitrogens with one attached hydrogen (secondary N) is 1. The van der Waals surface area contributed by atoms with Gasteiger partial charge in [-0.2, -0.15) is 0 Å². The highest BCUT2D eigenvalue weighted by molar-refractivity contribution is 5.60. The molecule has 0 saturated carbocycles. The van der Waals surface area contributed by atoms with Gasteiger partial charge >= 0.3 is 0 Å². The zero-order chi connectivity index (χ0) is 11.8. The molecule has 1 N–H and O–H groups in total. The van der Waals surface area contributed by atoms with Crippen molar-refractivity contribution in [1.29, 1.82) is 0 Å². The summed E-state index contributed by atoms with van der Waals surface area (Å²) >= 11 is 0. The molecule has 17 heavy (non-hydrogen) atoms. The first-order valence-corrected chi connectivity index (χ1v) is 7.17. The SMILES string of the molecule is CCC1CCCc2cc3c(cc2C1)CC(C)N3. The Morgan fingerprint density at radius 2 is 2.06 bits per heavy atom. The van der Waals surface area contributed by atoms with E-state index in [1.165, 1.54) is 44.2 Å². The second-order valence-corrected chi connectivity index (χ2v) is 5.90. The van der Waals surface area contributed by atoms with E-state index in [1.54, 1.807) is 16.7 Å². The van der Waals surface area contributed by atoms with Gasteiger partial charge < -0.3 is 5.32 Å². The van der Waals surface area contributed by atoms with E-state index in [2.05, 4.69) is 31.3 Å². The van der Waals surface area contributed by atoms with Crippen molar-refractivity contribution in [2.45, 2.75) is 58.4 Å². The molecule has 1 heteroatoms. The highest BCUT2D eigenvalue weighted by Crippen LogP contribution is 2.34. The topological polar surface area (TPSA) is 12.0 Å². The van der Waals surface area contributed by atoms with E-state index in [-0.39, 0.29) is 0 Å². The monoisotopic (exact) mass is 229 g/mol. The van der Waals surface area contributed by atoms with Crippen LogP contribution in [0, 0.1) is 5.92 Å². The lowest BCUT2D eigenvalue weighted by Gasteiger charge is -2.13. The Hall–Kier alpha value is -0.980. The van der Waals surface area contributed by atoms with Crippen molar-refractivity contribution in [3.63, 3.8) is 0 Å². The van der Waals surface area contributed by atoms with Crippen LogP contribution < -0.4 is 5.32 Å². The van der Waals surface area contributed by atoms with Crippen molar-refractivity contribution in [2.75, 3.05) is 5.32 Å². The van der Waals surface area contributed by atoms with E-state index >= 15 is 0 Å². The maximum absolute atomic E-state index is 3.59. The Balaban J connectivity index is 1.95. The average Bonchev–Trinajstić information content (AvgIpc) is 2.55. The van der Waals surface area contributed by atoms with Crippen molar-refractivity contribution < 1.29 is 0 Å². The number of aryl methyl sites for hydroxylation is 1. The van der Waals surface area contributed by atoms with E-state index in [0.717, 1.165) is 5.92 Å². The normalized spacial score (nSPS) is 26.9. The van der Waals surface area contributed by atoms with E-state index in [4.69, 9.17) is 0 Å². The van der Waals surface area contributed by atoms with Gasteiger partial charge in [0.2, 0.25) is 0 Å². The molecule has 1 aromatic rings. The van der Waals surface area contributed by atoms with Crippen LogP contribution >= 0.6 is 0 Å². The first kappa shape index (κ1) is 11.1.